The summed E-state index contributed by atoms with van der Waals surface area (Å²) in [6.07, 6.45) is 1.83. The Morgan fingerprint density at radius 1 is 1.58 bits per heavy atom. The van der Waals surface area contributed by atoms with Crippen molar-refractivity contribution < 1.29 is 0 Å². The van der Waals surface area contributed by atoms with E-state index in [1.807, 2.05) is 12.1 Å². The highest BCUT2D eigenvalue weighted by Gasteiger charge is 2.06. The lowest BCUT2D eigenvalue weighted by molar-refractivity contribution is 0.726. The summed E-state index contributed by atoms with van der Waals surface area (Å²) in [6, 6.07) is 5.27. The van der Waals surface area contributed by atoms with Crippen molar-refractivity contribution in [3.63, 3.8) is 0 Å². The minimum absolute atomic E-state index is 0.255. The molecule has 0 aromatic carbocycles. The monoisotopic (exact) mass is 160 g/mol. The van der Waals surface area contributed by atoms with Crippen LogP contribution in [0.2, 0.25) is 0 Å². The normalized spacial score (nSPS) is 11.6. The Balaban J connectivity index is 2.77. The molecule has 0 saturated heterocycles. The van der Waals surface area contributed by atoms with Gasteiger partial charge >= 0.3 is 0 Å². The first-order valence-electron chi connectivity index (χ1n) is 3.49. The van der Waals surface area contributed by atoms with Gasteiger partial charge in [-0.2, -0.15) is 10.5 Å². The van der Waals surface area contributed by atoms with E-state index in [1.165, 1.54) is 0 Å². The van der Waals surface area contributed by atoms with Crippen molar-refractivity contribution >= 4 is 0 Å². The van der Waals surface area contributed by atoms with Gasteiger partial charge < -0.3 is 10.7 Å². The summed E-state index contributed by atoms with van der Waals surface area (Å²) in [7, 11) is 0. The van der Waals surface area contributed by atoms with E-state index in [0.717, 1.165) is 5.69 Å². The Morgan fingerprint density at radius 3 is 2.83 bits per heavy atom. The Kier molecular flexibility index (Phi) is 2.47. The molecule has 60 valence electrons. The number of nitrogens with zero attached hydrogens (tertiary/aromatic N) is 2. The number of nitrogens with two attached hydrogens (primary N) is 1. The summed E-state index contributed by atoms with van der Waals surface area (Å²) in [4.78, 5) is 2.84. The molecule has 1 heterocycles. The van der Waals surface area contributed by atoms with E-state index >= 15 is 0 Å². The quantitative estimate of drug-likeness (QED) is 0.670. The Labute approximate surface area is 70.2 Å². The van der Waals surface area contributed by atoms with Crippen LogP contribution >= 0.6 is 0 Å². The van der Waals surface area contributed by atoms with E-state index in [2.05, 4.69) is 4.98 Å². The lowest BCUT2D eigenvalue weighted by atomic mass is 10.1. The van der Waals surface area contributed by atoms with Crippen LogP contribution in [0.3, 0.4) is 0 Å². The van der Waals surface area contributed by atoms with Crippen LogP contribution in [0.4, 0.5) is 0 Å². The van der Waals surface area contributed by atoms with Crippen LogP contribution < -0.4 is 5.73 Å². The van der Waals surface area contributed by atoms with Gasteiger partial charge in [0.05, 0.1) is 24.1 Å². The summed E-state index contributed by atoms with van der Waals surface area (Å²) in [5.74, 6) is 0. The van der Waals surface area contributed by atoms with Crippen LogP contribution in [-0.4, -0.2) is 4.98 Å². The minimum atomic E-state index is -0.322. The number of H-pyrrole nitrogens is 1. The zero-order valence-corrected chi connectivity index (χ0v) is 6.41. The van der Waals surface area contributed by atoms with Gasteiger partial charge in [-0.3, -0.25) is 0 Å². The summed E-state index contributed by atoms with van der Waals surface area (Å²) in [6.45, 7) is 0. The molecular formula is C8H8N4. The number of nitriles is 2. The van der Waals surface area contributed by atoms with E-state index in [9.17, 15) is 0 Å². The van der Waals surface area contributed by atoms with E-state index in [0.29, 0.717) is 5.56 Å². The Hall–Kier alpha value is -1.78. The van der Waals surface area contributed by atoms with Crippen LogP contribution in [0.25, 0.3) is 0 Å². The van der Waals surface area contributed by atoms with E-state index < -0.39 is 0 Å². The maximum absolute atomic E-state index is 8.49. The van der Waals surface area contributed by atoms with Gasteiger partial charge in [0, 0.05) is 11.9 Å². The molecule has 0 aliphatic rings. The molecule has 0 aliphatic carbocycles. The zero-order valence-electron chi connectivity index (χ0n) is 6.41. The maximum Gasteiger partial charge on any atom is 0.101 e. The highest BCUT2D eigenvalue weighted by molar-refractivity contribution is 5.30. The van der Waals surface area contributed by atoms with E-state index in [-0.39, 0.29) is 12.5 Å². The average molecular weight is 160 g/mol. The zero-order chi connectivity index (χ0) is 8.97. The third-order valence-corrected chi connectivity index (χ3v) is 1.55. The van der Waals surface area contributed by atoms with Crippen LogP contribution in [0.5, 0.6) is 0 Å². The standard InChI is InChI=1S/C8H8N4/c9-2-1-7(11)8-3-6(4-10)5-12-8/h3,5,7,12H,1,11H2. The number of hydrogen-bond donors (Lipinski definition) is 2. The summed E-state index contributed by atoms with van der Waals surface area (Å²) < 4.78 is 0. The van der Waals surface area contributed by atoms with Crippen molar-refractivity contribution in [2.75, 3.05) is 0 Å². The molecule has 1 atom stereocenters. The summed E-state index contributed by atoms with van der Waals surface area (Å²) in [5, 5.41) is 16.8. The molecule has 0 spiro atoms. The van der Waals surface area contributed by atoms with Gasteiger partial charge in [-0.05, 0) is 6.07 Å². The van der Waals surface area contributed by atoms with Gasteiger partial charge in [0.1, 0.15) is 6.07 Å². The molecule has 1 aromatic rings. The van der Waals surface area contributed by atoms with Gasteiger partial charge in [-0.25, -0.2) is 0 Å². The van der Waals surface area contributed by atoms with Crippen molar-refractivity contribution in [3.05, 3.63) is 23.5 Å². The van der Waals surface area contributed by atoms with Crippen molar-refractivity contribution in [3.8, 4) is 12.1 Å². The molecule has 0 saturated carbocycles. The van der Waals surface area contributed by atoms with Crippen LogP contribution in [0.15, 0.2) is 12.3 Å². The average Bonchev–Trinajstić information content (AvgIpc) is 2.52. The number of nitrogens with one attached hydrogen (secondary N) is 1. The molecule has 0 aliphatic heterocycles. The van der Waals surface area contributed by atoms with Gasteiger partial charge in [-0.1, -0.05) is 0 Å². The predicted molar refractivity (Wildman–Crippen MR) is 42.7 cm³/mol. The number of aromatic nitrogens is 1. The molecule has 1 aromatic heterocycles. The summed E-state index contributed by atoms with van der Waals surface area (Å²) >= 11 is 0. The molecule has 12 heavy (non-hydrogen) atoms. The van der Waals surface area contributed by atoms with Gasteiger partial charge in [-0.15, -0.1) is 0 Å². The van der Waals surface area contributed by atoms with Gasteiger partial charge in [0.25, 0.3) is 0 Å². The van der Waals surface area contributed by atoms with Crippen LogP contribution in [-0.2, 0) is 0 Å². The van der Waals surface area contributed by atoms with E-state index in [4.69, 9.17) is 16.3 Å². The highest BCUT2D eigenvalue weighted by atomic mass is 14.8. The molecule has 0 bridgehead atoms. The molecule has 0 amide bonds. The van der Waals surface area contributed by atoms with Crippen LogP contribution in [0, 0.1) is 22.7 Å². The first kappa shape index (κ1) is 8.32. The third-order valence-electron chi connectivity index (χ3n) is 1.55. The second-order valence-corrected chi connectivity index (χ2v) is 2.42. The predicted octanol–water partition coefficient (Wildman–Crippen LogP) is 0.800. The molecule has 3 N–H and O–H groups in total. The molecule has 4 nitrogen and oxygen atoms in total. The lowest BCUT2D eigenvalue weighted by Crippen LogP contribution is -2.09. The first-order valence-corrected chi connectivity index (χ1v) is 3.49. The molecule has 0 radical (unpaired) electrons. The topological polar surface area (TPSA) is 89.4 Å². The molecule has 0 fully saturated rings. The first-order chi connectivity index (χ1) is 5.77. The van der Waals surface area contributed by atoms with Crippen molar-refractivity contribution in [2.45, 2.75) is 12.5 Å². The fraction of sp³-hybridized carbons (Fsp3) is 0.250. The second-order valence-electron chi connectivity index (χ2n) is 2.42. The smallest absolute Gasteiger partial charge is 0.101 e. The summed E-state index contributed by atoms with van der Waals surface area (Å²) in [5.41, 5.74) is 6.88. The lowest BCUT2D eigenvalue weighted by Gasteiger charge is -2.02. The molecular weight excluding hydrogens is 152 g/mol. The van der Waals surface area contributed by atoms with Crippen molar-refractivity contribution in [2.24, 2.45) is 5.73 Å². The highest BCUT2D eigenvalue weighted by Crippen LogP contribution is 2.12. The largest absolute Gasteiger partial charge is 0.362 e. The number of hydrogen-bond acceptors (Lipinski definition) is 3. The maximum atomic E-state index is 8.49. The van der Waals surface area contributed by atoms with Crippen molar-refractivity contribution in [1.29, 1.82) is 10.5 Å². The van der Waals surface area contributed by atoms with Gasteiger partial charge in [0.2, 0.25) is 0 Å². The number of aromatic amines is 1. The SMILES string of the molecule is N#CCC(N)c1cc(C#N)c[nH]1. The van der Waals surface area contributed by atoms with Gasteiger partial charge in [0.15, 0.2) is 0 Å². The Bertz CT molecular complexity index is 339. The molecule has 1 unspecified atom stereocenters. The second kappa shape index (κ2) is 3.56. The van der Waals surface area contributed by atoms with E-state index in [1.54, 1.807) is 12.3 Å². The third kappa shape index (κ3) is 1.63. The Morgan fingerprint density at radius 2 is 2.33 bits per heavy atom. The fourth-order valence-corrected chi connectivity index (χ4v) is 0.899. The van der Waals surface area contributed by atoms with Crippen LogP contribution in [0.1, 0.15) is 23.7 Å². The molecule has 4 heteroatoms. The fourth-order valence-electron chi connectivity index (χ4n) is 0.899. The number of rotatable bonds is 2. The van der Waals surface area contributed by atoms with Crippen molar-refractivity contribution in [1.82, 2.24) is 4.98 Å². The molecule has 1 rings (SSSR count). The minimum Gasteiger partial charge on any atom is -0.362 e.